The van der Waals surface area contributed by atoms with Crippen molar-refractivity contribution in [3.05, 3.63) is 23.3 Å². The highest BCUT2D eigenvalue weighted by atomic mass is 32.1. The summed E-state index contributed by atoms with van der Waals surface area (Å²) in [6.45, 7) is 7.94. The molecule has 0 aromatic heterocycles. The third-order valence-corrected chi connectivity index (χ3v) is 1.90. The number of nitrogens with two attached hydrogens (primary N) is 1. The summed E-state index contributed by atoms with van der Waals surface area (Å²) < 4.78 is 15.5. The highest BCUT2D eigenvalue weighted by Crippen LogP contribution is 2.24. The first-order chi connectivity index (χ1) is 8.83. The summed E-state index contributed by atoms with van der Waals surface area (Å²) in [4.78, 5) is 0. The van der Waals surface area contributed by atoms with Gasteiger partial charge in [-0.15, -0.1) is 0 Å². The largest absolute Gasteiger partial charge is 0.508 e. The summed E-state index contributed by atoms with van der Waals surface area (Å²) in [5, 5.41) is 12.4. The van der Waals surface area contributed by atoms with Gasteiger partial charge < -0.3 is 16.2 Å². The zero-order valence-corrected chi connectivity index (χ0v) is 12.2. The van der Waals surface area contributed by atoms with Crippen molar-refractivity contribution >= 4 is 23.0 Å². The van der Waals surface area contributed by atoms with Crippen molar-refractivity contribution in [3.63, 3.8) is 0 Å². The van der Waals surface area contributed by atoms with E-state index in [4.69, 9.17) is 19.3 Å². The minimum Gasteiger partial charge on any atom is -0.508 e. The third kappa shape index (κ3) is 7.84. The Kier molecular flexibility index (Phi) is 9.96. The monoisotopic (exact) mass is 275 g/mol. The molecule has 3 nitrogen and oxygen atoms in total. The Balaban J connectivity index is 0. The van der Waals surface area contributed by atoms with Crippen molar-refractivity contribution in [1.82, 2.24) is 0 Å². The lowest BCUT2D eigenvalue weighted by Crippen LogP contribution is -2.19. The van der Waals surface area contributed by atoms with Gasteiger partial charge >= 0.3 is 0 Å². The van der Waals surface area contributed by atoms with Gasteiger partial charge in [-0.2, -0.15) is 0 Å². The first kappa shape index (κ1) is 16.6. The number of alkyl halides is 1. The van der Waals surface area contributed by atoms with Crippen LogP contribution in [0.15, 0.2) is 12.1 Å². The molecular formula is C13H23FN2OS. The van der Waals surface area contributed by atoms with Crippen LogP contribution < -0.4 is 11.1 Å². The number of aromatic hydroxyl groups is 1. The maximum absolute atomic E-state index is 9.96. The number of phenolic OH excluding ortho intramolecular Hbond substituents is 1. The number of rotatable bonds is 1. The van der Waals surface area contributed by atoms with Crippen molar-refractivity contribution in [2.24, 2.45) is 5.73 Å². The molecule has 5 heteroatoms. The van der Waals surface area contributed by atoms with Gasteiger partial charge in [-0.3, -0.25) is 4.39 Å². The fourth-order valence-electron chi connectivity index (χ4n) is 1.07. The SMILES string of the molecule is CCC.Cc1cc(NC(N)=S)c(C)cc1O.[2H]CF. The van der Waals surface area contributed by atoms with E-state index in [0.29, 0.717) is 0 Å². The molecule has 0 heterocycles. The van der Waals surface area contributed by atoms with Gasteiger partial charge in [0.1, 0.15) is 5.75 Å². The number of halogens is 1. The molecule has 4 N–H and O–H groups in total. The lowest BCUT2D eigenvalue weighted by molar-refractivity contribution is 0.471. The summed E-state index contributed by atoms with van der Waals surface area (Å²) >= 11 is 4.72. The van der Waals surface area contributed by atoms with Crippen LogP contribution in [0.3, 0.4) is 0 Å². The molecule has 0 bridgehead atoms. The van der Waals surface area contributed by atoms with Gasteiger partial charge in [0, 0.05) is 5.69 Å². The Morgan fingerprint density at radius 1 is 1.44 bits per heavy atom. The summed E-state index contributed by atoms with van der Waals surface area (Å²) in [7, 11) is -1.00. The van der Waals surface area contributed by atoms with Gasteiger partial charge in [-0.05, 0) is 49.3 Å². The van der Waals surface area contributed by atoms with Crippen molar-refractivity contribution in [1.29, 1.82) is 0 Å². The third-order valence-electron chi connectivity index (χ3n) is 1.80. The van der Waals surface area contributed by atoms with Crippen LogP contribution in [0.25, 0.3) is 0 Å². The lowest BCUT2D eigenvalue weighted by atomic mass is 10.1. The van der Waals surface area contributed by atoms with Crippen molar-refractivity contribution in [2.45, 2.75) is 34.1 Å². The minimum atomic E-state index is -1.00. The summed E-state index contributed by atoms with van der Waals surface area (Å²) in [5.74, 6) is 0.283. The van der Waals surface area contributed by atoms with Gasteiger partial charge in [-0.25, -0.2) is 0 Å². The van der Waals surface area contributed by atoms with E-state index in [-0.39, 0.29) is 10.9 Å². The second kappa shape index (κ2) is 10.8. The van der Waals surface area contributed by atoms with Crippen LogP contribution in [0, 0.1) is 13.8 Å². The average molecular weight is 275 g/mol. The molecule has 0 saturated heterocycles. The smallest absolute Gasteiger partial charge is 0.168 e. The molecule has 0 aliphatic rings. The fourth-order valence-corrected chi connectivity index (χ4v) is 1.18. The standard InChI is InChI=1S/C9H12N2OS.C3H8.CH3F/c1-5-4-8(12)6(2)3-7(5)11-9(10)13;1-3-2;1-2/h3-4,12H,1-2H3,(H3,10,11,13);3H2,1-2H3;1H3/i;;1D. The Bertz CT molecular complexity index is 387. The van der Waals surface area contributed by atoms with Gasteiger partial charge in [0.15, 0.2) is 5.11 Å². The highest BCUT2D eigenvalue weighted by molar-refractivity contribution is 7.80. The molecule has 1 aromatic rings. The second-order valence-electron chi connectivity index (χ2n) is 3.65. The van der Waals surface area contributed by atoms with Gasteiger partial charge in [0.25, 0.3) is 0 Å². The Hall–Kier alpha value is -1.36. The van der Waals surface area contributed by atoms with E-state index in [1.165, 1.54) is 6.42 Å². The molecule has 0 amide bonds. The molecule has 104 valence electrons. The second-order valence-corrected chi connectivity index (χ2v) is 4.09. The highest BCUT2D eigenvalue weighted by Gasteiger charge is 2.03. The number of hydrogen-bond acceptors (Lipinski definition) is 2. The predicted molar refractivity (Wildman–Crippen MR) is 81.0 cm³/mol. The molecular weight excluding hydrogens is 251 g/mol. The van der Waals surface area contributed by atoms with E-state index in [1.807, 2.05) is 19.9 Å². The normalized spacial score (nSPS) is 9.06. The van der Waals surface area contributed by atoms with Crippen LogP contribution in [0.5, 0.6) is 5.75 Å². The van der Waals surface area contributed by atoms with E-state index in [1.54, 1.807) is 6.07 Å². The van der Waals surface area contributed by atoms with E-state index >= 15 is 0 Å². The number of hydrogen-bond donors (Lipinski definition) is 3. The number of aryl methyl sites for hydroxylation is 2. The predicted octanol–water partition coefficient (Wildman–Crippen LogP) is 3.67. The molecule has 0 radical (unpaired) electrons. The molecule has 1 aromatic carbocycles. The van der Waals surface area contributed by atoms with E-state index in [9.17, 15) is 9.50 Å². The van der Waals surface area contributed by atoms with Crippen LogP contribution >= 0.6 is 12.2 Å². The van der Waals surface area contributed by atoms with Crippen molar-refractivity contribution in [2.75, 3.05) is 12.5 Å². The van der Waals surface area contributed by atoms with Crippen LogP contribution in [0.1, 0.15) is 32.8 Å². The zero-order valence-electron chi connectivity index (χ0n) is 12.4. The molecule has 0 unspecified atom stereocenters. The molecule has 0 aliphatic carbocycles. The number of phenols is 1. The first-order valence-electron chi connectivity index (χ1n) is 6.26. The van der Waals surface area contributed by atoms with Crippen LogP contribution in [-0.4, -0.2) is 17.4 Å². The van der Waals surface area contributed by atoms with E-state index in [2.05, 4.69) is 19.2 Å². The summed E-state index contributed by atoms with van der Waals surface area (Å²) in [5.41, 5.74) is 7.88. The number of benzene rings is 1. The molecule has 18 heavy (non-hydrogen) atoms. The van der Waals surface area contributed by atoms with Crippen LogP contribution in [0.4, 0.5) is 10.1 Å². The quantitative estimate of drug-likeness (QED) is 0.540. The molecule has 0 spiro atoms. The Morgan fingerprint density at radius 2 is 1.89 bits per heavy atom. The number of anilines is 1. The van der Waals surface area contributed by atoms with Gasteiger partial charge in [0.2, 0.25) is 0 Å². The Morgan fingerprint density at radius 3 is 2.28 bits per heavy atom. The summed E-state index contributed by atoms with van der Waals surface area (Å²) in [6, 6.07) is 3.49. The summed E-state index contributed by atoms with van der Waals surface area (Å²) in [6.07, 6.45) is 1.25. The number of thiocarbonyl (C=S) groups is 1. The molecule has 0 atom stereocenters. The first-order valence-corrected chi connectivity index (χ1v) is 5.96. The van der Waals surface area contributed by atoms with Crippen molar-refractivity contribution < 1.29 is 10.9 Å². The maximum Gasteiger partial charge on any atom is 0.168 e. The number of nitrogens with one attached hydrogen (secondary N) is 1. The Labute approximate surface area is 116 Å². The molecule has 1 rings (SSSR count). The van der Waals surface area contributed by atoms with Gasteiger partial charge in [-0.1, -0.05) is 20.3 Å². The average Bonchev–Trinajstić information content (AvgIpc) is 2.27. The molecule has 0 saturated carbocycles. The van der Waals surface area contributed by atoms with Gasteiger partial charge in [0.05, 0.1) is 8.52 Å². The lowest BCUT2D eigenvalue weighted by Gasteiger charge is -2.09. The molecule has 0 aliphatic heterocycles. The van der Waals surface area contributed by atoms with Crippen LogP contribution in [-0.2, 0) is 0 Å². The minimum absolute atomic E-state index is 0.230. The van der Waals surface area contributed by atoms with Crippen molar-refractivity contribution in [3.8, 4) is 5.75 Å². The van der Waals surface area contributed by atoms with Crippen LogP contribution in [0.2, 0.25) is 0 Å². The van der Waals surface area contributed by atoms with E-state index < -0.39 is 7.15 Å². The molecule has 0 fully saturated rings. The van der Waals surface area contributed by atoms with E-state index in [0.717, 1.165) is 16.8 Å². The maximum atomic E-state index is 9.96. The zero-order chi connectivity index (χ0) is 15.4. The fraction of sp³-hybridized carbons (Fsp3) is 0.462. The topological polar surface area (TPSA) is 58.3 Å².